The van der Waals surface area contributed by atoms with E-state index in [0.29, 0.717) is 6.42 Å². The minimum atomic E-state index is 0.225. The highest BCUT2D eigenvalue weighted by Gasteiger charge is 2.12. The molecule has 0 aliphatic carbocycles. The predicted octanol–water partition coefficient (Wildman–Crippen LogP) is 3.17. The fraction of sp³-hybridized carbons (Fsp3) is 0.500. The first-order valence-corrected chi connectivity index (χ1v) is 7.19. The molecule has 0 aliphatic heterocycles. The van der Waals surface area contributed by atoms with E-state index in [1.807, 2.05) is 30.0 Å². The smallest absolute Gasteiger partial charge is 0.226 e. The van der Waals surface area contributed by atoms with Crippen LogP contribution in [0.15, 0.2) is 24.3 Å². The summed E-state index contributed by atoms with van der Waals surface area (Å²) in [4.78, 5) is 14.0. The Morgan fingerprint density at radius 3 is 2.65 bits per heavy atom. The highest BCUT2D eigenvalue weighted by molar-refractivity contribution is 9.09. The minimum absolute atomic E-state index is 0.225. The highest BCUT2D eigenvalue weighted by Crippen LogP contribution is 2.09. The molecule has 1 amide bonds. The van der Waals surface area contributed by atoms with Crippen LogP contribution in [0.25, 0.3) is 0 Å². The number of likely N-dealkylation sites (N-methyl/N-ethyl adjacent to an activating group) is 1. The van der Waals surface area contributed by atoms with Crippen LogP contribution in [-0.2, 0) is 11.2 Å². The maximum absolute atomic E-state index is 12.1. The molecule has 1 aromatic carbocycles. The summed E-state index contributed by atoms with van der Waals surface area (Å²) >= 11 is 3.40. The van der Waals surface area contributed by atoms with Gasteiger partial charge in [0.1, 0.15) is 0 Å². The molecule has 0 radical (unpaired) electrons. The number of hydrogen-bond acceptors (Lipinski definition) is 1. The molecule has 0 bridgehead atoms. The van der Waals surface area contributed by atoms with E-state index in [0.717, 1.165) is 30.4 Å². The normalized spacial score (nSPS) is 10.3. The molecule has 1 aromatic rings. The lowest BCUT2D eigenvalue weighted by Crippen LogP contribution is -2.33. The number of alkyl halides is 1. The topological polar surface area (TPSA) is 20.3 Å². The van der Waals surface area contributed by atoms with Crippen molar-refractivity contribution < 1.29 is 4.79 Å². The van der Waals surface area contributed by atoms with Crippen LogP contribution in [0, 0.1) is 6.92 Å². The van der Waals surface area contributed by atoms with Crippen molar-refractivity contribution in [3.8, 4) is 0 Å². The average molecular weight is 298 g/mol. The summed E-state index contributed by atoms with van der Waals surface area (Å²) in [5.41, 5.74) is 2.33. The number of hydrogen-bond donors (Lipinski definition) is 0. The Kier molecular flexibility index (Phi) is 6.27. The van der Waals surface area contributed by atoms with Crippen molar-refractivity contribution in [3.05, 3.63) is 35.4 Å². The van der Waals surface area contributed by atoms with Crippen molar-refractivity contribution in [1.82, 2.24) is 4.90 Å². The Balaban J connectivity index is 2.61. The van der Waals surface area contributed by atoms with E-state index < -0.39 is 0 Å². The molecule has 0 fully saturated rings. The number of aryl methyl sites for hydroxylation is 1. The number of carbonyl (C=O) groups excluding carboxylic acids is 1. The van der Waals surface area contributed by atoms with Crippen molar-refractivity contribution >= 4 is 21.8 Å². The minimum Gasteiger partial charge on any atom is -0.343 e. The van der Waals surface area contributed by atoms with Crippen LogP contribution in [0.3, 0.4) is 0 Å². The first kappa shape index (κ1) is 14.2. The third-order valence-corrected chi connectivity index (χ3v) is 3.46. The quantitative estimate of drug-likeness (QED) is 0.739. The number of rotatable bonds is 6. The van der Waals surface area contributed by atoms with Crippen LogP contribution in [0.1, 0.15) is 24.5 Å². The standard InChI is InChI=1S/C14H20BrNO/c1-3-16(10-6-9-15)14(17)11-13-8-5-4-7-12(13)2/h4-5,7-8H,3,6,9-11H2,1-2H3. The first-order chi connectivity index (χ1) is 8.19. The summed E-state index contributed by atoms with van der Waals surface area (Å²) in [6.45, 7) is 5.71. The molecule has 0 N–H and O–H groups in total. The lowest BCUT2D eigenvalue weighted by atomic mass is 10.1. The third kappa shape index (κ3) is 4.50. The van der Waals surface area contributed by atoms with Gasteiger partial charge in [0.2, 0.25) is 5.91 Å². The molecule has 1 rings (SSSR count). The Bertz CT molecular complexity index is 365. The first-order valence-electron chi connectivity index (χ1n) is 6.07. The molecule has 0 saturated heterocycles. The zero-order valence-corrected chi connectivity index (χ0v) is 12.2. The molecular weight excluding hydrogens is 278 g/mol. The Morgan fingerprint density at radius 1 is 1.35 bits per heavy atom. The van der Waals surface area contributed by atoms with E-state index in [1.54, 1.807) is 0 Å². The van der Waals surface area contributed by atoms with Gasteiger partial charge in [0.25, 0.3) is 0 Å². The summed E-state index contributed by atoms with van der Waals surface area (Å²) in [5.74, 6) is 0.225. The highest BCUT2D eigenvalue weighted by atomic mass is 79.9. The summed E-state index contributed by atoms with van der Waals surface area (Å²) < 4.78 is 0. The van der Waals surface area contributed by atoms with Crippen LogP contribution < -0.4 is 0 Å². The molecule has 2 nitrogen and oxygen atoms in total. The molecule has 0 saturated carbocycles. The van der Waals surface area contributed by atoms with Gasteiger partial charge in [-0.15, -0.1) is 0 Å². The van der Waals surface area contributed by atoms with E-state index >= 15 is 0 Å². The molecule has 94 valence electrons. The summed E-state index contributed by atoms with van der Waals surface area (Å²) in [5, 5.41) is 0.946. The van der Waals surface area contributed by atoms with E-state index in [-0.39, 0.29) is 5.91 Å². The largest absolute Gasteiger partial charge is 0.343 e. The van der Waals surface area contributed by atoms with Crippen molar-refractivity contribution in [2.45, 2.75) is 26.7 Å². The molecular formula is C14H20BrNO. The maximum Gasteiger partial charge on any atom is 0.226 e. The maximum atomic E-state index is 12.1. The molecule has 0 aromatic heterocycles. The van der Waals surface area contributed by atoms with Gasteiger partial charge in [-0.1, -0.05) is 40.2 Å². The lowest BCUT2D eigenvalue weighted by Gasteiger charge is -2.20. The molecule has 0 unspecified atom stereocenters. The second-order valence-corrected chi connectivity index (χ2v) is 4.91. The van der Waals surface area contributed by atoms with Crippen molar-refractivity contribution in [2.75, 3.05) is 18.4 Å². The van der Waals surface area contributed by atoms with Crippen LogP contribution in [0.5, 0.6) is 0 Å². The van der Waals surface area contributed by atoms with Crippen LogP contribution in [-0.4, -0.2) is 29.2 Å². The van der Waals surface area contributed by atoms with E-state index in [2.05, 4.69) is 28.9 Å². The van der Waals surface area contributed by atoms with Gasteiger partial charge in [0, 0.05) is 18.4 Å². The fourth-order valence-electron chi connectivity index (χ4n) is 1.79. The Hall–Kier alpha value is -0.830. The van der Waals surface area contributed by atoms with Gasteiger partial charge in [0.15, 0.2) is 0 Å². The lowest BCUT2D eigenvalue weighted by molar-refractivity contribution is -0.130. The number of benzene rings is 1. The van der Waals surface area contributed by atoms with Crippen LogP contribution in [0.4, 0.5) is 0 Å². The van der Waals surface area contributed by atoms with Gasteiger partial charge in [-0.2, -0.15) is 0 Å². The summed E-state index contributed by atoms with van der Waals surface area (Å²) in [7, 11) is 0. The number of carbonyl (C=O) groups is 1. The van der Waals surface area contributed by atoms with Gasteiger partial charge in [0.05, 0.1) is 6.42 Å². The van der Waals surface area contributed by atoms with E-state index in [4.69, 9.17) is 0 Å². The monoisotopic (exact) mass is 297 g/mol. The Morgan fingerprint density at radius 2 is 2.06 bits per heavy atom. The van der Waals surface area contributed by atoms with Crippen LogP contribution in [0.2, 0.25) is 0 Å². The molecule has 0 heterocycles. The molecule has 17 heavy (non-hydrogen) atoms. The zero-order chi connectivity index (χ0) is 12.7. The average Bonchev–Trinajstić information content (AvgIpc) is 2.33. The van der Waals surface area contributed by atoms with Gasteiger partial charge in [-0.25, -0.2) is 0 Å². The summed E-state index contributed by atoms with van der Waals surface area (Å²) in [6.07, 6.45) is 1.52. The van der Waals surface area contributed by atoms with Crippen molar-refractivity contribution in [1.29, 1.82) is 0 Å². The number of amides is 1. The molecule has 0 aliphatic rings. The van der Waals surface area contributed by atoms with Crippen LogP contribution >= 0.6 is 15.9 Å². The number of nitrogens with zero attached hydrogens (tertiary/aromatic N) is 1. The third-order valence-electron chi connectivity index (χ3n) is 2.90. The predicted molar refractivity (Wildman–Crippen MR) is 75.5 cm³/mol. The van der Waals surface area contributed by atoms with E-state index in [9.17, 15) is 4.79 Å². The Labute approximate surface area is 112 Å². The zero-order valence-electron chi connectivity index (χ0n) is 10.6. The second-order valence-electron chi connectivity index (χ2n) is 4.12. The second kappa shape index (κ2) is 7.49. The van der Waals surface area contributed by atoms with Gasteiger partial charge in [-0.05, 0) is 31.4 Å². The molecule has 0 spiro atoms. The van der Waals surface area contributed by atoms with Gasteiger partial charge >= 0.3 is 0 Å². The summed E-state index contributed by atoms with van der Waals surface area (Å²) in [6, 6.07) is 8.08. The molecule has 3 heteroatoms. The van der Waals surface area contributed by atoms with E-state index in [1.165, 1.54) is 5.56 Å². The SMILES string of the molecule is CCN(CCCBr)C(=O)Cc1ccccc1C. The van der Waals surface area contributed by atoms with Gasteiger partial charge < -0.3 is 4.90 Å². The number of halogens is 1. The fourth-order valence-corrected chi connectivity index (χ4v) is 2.04. The van der Waals surface area contributed by atoms with Crippen molar-refractivity contribution in [2.24, 2.45) is 0 Å². The molecule has 0 atom stereocenters. The van der Waals surface area contributed by atoms with Crippen molar-refractivity contribution in [3.63, 3.8) is 0 Å². The van der Waals surface area contributed by atoms with Gasteiger partial charge in [-0.3, -0.25) is 4.79 Å².